The second kappa shape index (κ2) is 4.38. The maximum Gasteiger partial charge on any atom is 0.340 e. The van der Waals surface area contributed by atoms with Crippen LogP contribution in [0.5, 0.6) is 5.75 Å². The van der Waals surface area contributed by atoms with E-state index in [9.17, 15) is 9.90 Å². The number of carbonyl (C=O) groups excluding carboxylic acids is 1. The van der Waals surface area contributed by atoms with Crippen LogP contribution in [-0.2, 0) is 4.74 Å². The van der Waals surface area contributed by atoms with Crippen molar-refractivity contribution in [1.29, 1.82) is 0 Å². The van der Waals surface area contributed by atoms with Gasteiger partial charge in [-0.05, 0) is 24.3 Å². The summed E-state index contributed by atoms with van der Waals surface area (Å²) < 4.78 is 5.38. The molecule has 1 atom stereocenters. The summed E-state index contributed by atoms with van der Waals surface area (Å²) in [5.74, 6) is -0.103. The zero-order valence-electron chi connectivity index (χ0n) is 9.37. The molecule has 1 aliphatic heterocycles. The fraction of sp³-hybridized carbons (Fsp3) is 0.0714. The maximum atomic E-state index is 11.9. The number of carbonyl (C=O) groups is 1. The summed E-state index contributed by atoms with van der Waals surface area (Å²) in [5.41, 5.74) is 1.12. The van der Waals surface area contributed by atoms with Crippen molar-refractivity contribution in [1.82, 2.24) is 0 Å². The van der Waals surface area contributed by atoms with E-state index in [2.05, 4.69) is 0 Å². The first-order chi connectivity index (χ1) is 8.74. The van der Waals surface area contributed by atoms with E-state index in [1.165, 1.54) is 11.8 Å². The average Bonchev–Trinajstić information content (AvgIpc) is 2.39. The molecule has 3 nitrogen and oxygen atoms in total. The number of rotatable bonds is 1. The molecule has 0 fully saturated rings. The molecule has 0 aromatic heterocycles. The van der Waals surface area contributed by atoms with Gasteiger partial charge in [-0.15, -0.1) is 0 Å². The van der Waals surface area contributed by atoms with Gasteiger partial charge in [0.1, 0.15) is 5.75 Å². The molecule has 1 aliphatic rings. The van der Waals surface area contributed by atoms with Crippen LogP contribution in [0.15, 0.2) is 53.4 Å². The summed E-state index contributed by atoms with van der Waals surface area (Å²) in [6.45, 7) is 0. The summed E-state index contributed by atoms with van der Waals surface area (Å²) in [6.07, 6.45) is 0. The molecule has 0 radical (unpaired) electrons. The Hall–Kier alpha value is -1.94. The Morgan fingerprint density at radius 2 is 1.78 bits per heavy atom. The van der Waals surface area contributed by atoms with Crippen molar-refractivity contribution in [2.75, 3.05) is 0 Å². The lowest BCUT2D eigenvalue weighted by molar-refractivity contribution is 0.0440. The second-order valence-corrected chi connectivity index (χ2v) is 5.05. The third-order valence-corrected chi connectivity index (χ3v) is 3.91. The van der Waals surface area contributed by atoms with Crippen molar-refractivity contribution >= 4 is 17.7 Å². The Labute approximate surface area is 108 Å². The Morgan fingerprint density at radius 1 is 1.06 bits per heavy atom. The van der Waals surface area contributed by atoms with Crippen molar-refractivity contribution < 1.29 is 14.6 Å². The Morgan fingerprint density at radius 3 is 2.56 bits per heavy atom. The van der Waals surface area contributed by atoms with E-state index >= 15 is 0 Å². The fourth-order valence-corrected chi connectivity index (χ4v) is 2.90. The van der Waals surface area contributed by atoms with E-state index in [0.29, 0.717) is 5.56 Å². The number of phenolic OH excluding ortho intramolecular Hbond substituents is 1. The minimum atomic E-state index is -0.354. The van der Waals surface area contributed by atoms with Gasteiger partial charge >= 0.3 is 5.97 Å². The topological polar surface area (TPSA) is 46.5 Å². The number of esters is 1. The number of hydrogen-bond donors (Lipinski definition) is 1. The SMILES string of the molecule is O=C1O[C@H](c2ccc(O)cc2)Sc2ccccc21. The number of phenols is 1. The van der Waals surface area contributed by atoms with Gasteiger partial charge < -0.3 is 9.84 Å². The molecule has 0 aliphatic carbocycles. The van der Waals surface area contributed by atoms with Crippen LogP contribution in [0.4, 0.5) is 0 Å². The lowest BCUT2D eigenvalue weighted by Gasteiger charge is -2.24. The number of fused-ring (bicyclic) bond motifs is 1. The molecule has 4 heteroatoms. The van der Waals surface area contributed by atoms with E-state index in [4.69, 9.17) is 4.74 Å². The lowest BCUT2D eigenvalue weighted by Crippen LogP contribution is -2.15. The first-order valence-corrected chi connectivity index (χ1v) is 6.37. The first kappa shape index (κ1) is 11.2. The number of benzene rings is 2. The highest BCUT2D eigenvalue weighted by Crippen LogP contribution is 2.42. The van der Waals surface area contributed by atoms with Gasteiger partial charge in [0, 0.05) is 10.5 Å². The molecule has 1 heterocycles. The normalized spacial score (nSPS) is 18.0. The lowest BCUT2D eigenvalue weighted by atomic mass is 10.2. The number of cyclic esters (lactones) is 1. The second-order valence-electron chi connectivity index (χ2n) is 3.94. The molecular weight excluding hydrogens is 248 g/mol. The van der Waals surface area contributed by atoms with Crippen molar-refractivity contribution in [3.63, 3.8) is 0 Å². The summed E-state index contributed by atoms with van der Waals surface area (Å²) in [5, 5.41) is 9.25. The Balaban J connectivity index is 1.94. The Bertz CT molecular complexity index is 592. The molecule has 0 saturated heterocycles. The van der Waals surface area contributed by atoms with Crippen molar-refractivity contribution in [3.8, 4) is 5.75 Å². The van der Waals surface area contributed by atoms with E-state index in [1.807, 2.05) is 18.2 Å². The van der Waals surface area contributed by atoms with Gasteiger partial charge in [0.25, 0.3) is 0 Å². The number of ether oxygens (including phenoxy) is 1. The minimum Gasteiger partial charge on any atom is -0.508 e. The molecule has 0 saturated carbocycles. The van der Waals surface area contributed by atoms with Gasteiger partial charge in [-0.1, -0.05) is 36.0 Å². The van der Waals surface area contributed by atoms with Crippen molar-refractivity contribution in [3.05, 3.63) is 59.7 Å². The molecular formula is C14H10O3S. The number of thioether (sulfide) groups is 1. The van der Waals surface area contributed by atoms with Gasteiger partial charge in [0.15, 0.2) is 5.44 Å². The predicted molar refractivity (Wildman–Crippen MR) is 68.6 cm³/mol. The van der Waals surface area contributed by atoms with E-state index in [0.717, 1.165) is 10.5 Å². The highest BCUT2D eigenvalue weighted by atomic mass is 32.2. The molecule has 2 aromatic carbocycles. The van der Waals surface area contributed by atoms with Crippen LogP contribution in [0, 0.1) is 0 Å². The smallest absolute Gasteiger partial charge is 0.340 e. The van der Waals surface area contributed by atoms with Gasteiger partial charge in [0.05, 0.1) is 5.56 Å². The summed E-state index contributed by atoms with van der Waals surface area (Å²) in [6, 6.07) is 14.1. The molecule has 0 amide bonds. The van der Waals surface area contributed by atoms with E-state index in [-0.39, 0.29) is 17.2 Å². The monoisotopic (exact) mass is 258 g/mol. The Kier molecular flexibility index (Phi) is 2.72. The average molecular weight is 258 g/mol. The van der Waals surface area contributed by atoms with Crippen LogP contribution in [0.1, 0.15) is 21.4 Å². The number of hydrogen-bond acceptors (Lipinski definition) is 4. The summed E-state index contributed by atoms with van der Waals surface area (Å²) >= 11 is 1.50. The molecule has 0 spiro atoms. The van der Waals surface area contributed by atoms with Gasteiger partial charge in [-0.3, -0.25) is 0 Å². The summed E-state index contributed by atoms with van der Waals surface area (Å²) in [7, 11) is 0. The zero-order chi connectivity index (χ0) is 12.5. The van der Waals surface area contributed by atoms with Crippen LogP contribution in [0.25, 0.3) is 0 Å². The van der Waals surface area contributed by atoms with Crippen molar-refractivity contribution in [2.24, 2.45) is 0 Å². The van der Waals surface area contributed by atoms with Gasteiger partial charge in [-0.25, -0.2) is 4.79 Å². The maximum absolute atomic E-state index is 11.9. The highest BCUT2D eigenvalue weighted by Gasteiger charge is 2.27. The molecule has 90 valence electrons. The first-order valence-electron chi connectivity index (χ1n) is 5.49. The van der Waals surface area contributed by atoms with E-state index in [1.54, 1.807) is 30.3 Å². The number of aromatic hydroxyl groups is 1. The highest BCUT2D eigenvalue weighted by molar-refractivity contribution is 7.99. The minimum absolute atomic E-state index is 0.200. The fourth-order valence-electron chi connectivity index (χ4n) is 1.81. The largest absolute Gasteiger partial charge is 0.508 e. The van der Waals surface area contributed by atoms with Crippen LogP contribution in [0.3, 0.4) is 0 Å². The molecule has 1 N–H and O–H groups in total. The van der Waals surface area contributed by atoms with Crippen LogP contribution in [0.2, 0.25) is 0 Å². The van der Waals surface area contributed by atoms with Gasteiger partial charge in [-0.2, -0.15) is 0 Å². The third-order valence-electron chi connectivity index (χ3n) is 2.72. The quantitative estimate of drug-likeness (QED) is 0.797. The summed E-state index contributed by atoms with van der Waals surface area (Å²) in [4.78, 5) is 12.8. The van der Waals surface area contributed by atoms with Crippen molar-refractivity contribution in [2.45, 2.75) is 10.3 Å². The third kappa shape index (κ3) is 1.95. The molecule has 18 heavy (non-hydrogen) atoms. The van der Waals surface area contributed by atoms with Crippen LogP contribution in [-0.4, -0.2) is 11.1 Å². The molecule has 3 rings (SSSR count). The van der Waals surface area contributed by atoms with Crippen LogP contribution >= 0.6 is 11.8 Å². The van der Waals surface area contributed by atoms with E-state index < -0.39 is 0 Å². The molecule has 0 bridgehead atoms. The standard InChI is InChI=1S/C14H10O3S/c15-10-7-5-9(6-8-10)14-17-13(16)11-3-1-2-4-12(11)18-14/h1-8,14-15H/t14-/m0/s1. The zero-order valence-corrected chi connectivity index (χ0v) is 10.2. The molecule has 2 aromatic rings. The van der Waals surface area contributed by atoms with Gasteiger partial charge in [0.2, 0.25) is 0 Å². The molecule has 0 unspecified atom stereocenters. The van der Waals surface area contributed by atoms with Crippen LogP contribution < -0.4 is 0 Å². The predicted octanol–water partition coefficient (Wildman–Crippen LogP) is 3.35.